The zero-order valence-corrected chi connectivity index (χ0v) is 13.0. The molecule has 118 valence electrons. The number of carbonyl (C=O) groups is 1. The third kappa shape index (κ3) is 3.84. The van der Waals surface area contributed by atoms with E-state index >= 15 is 0 Å². The molecule has 21 heavy (non-hydrogen) atoms. The maximum Gasteiger partial charge on any atom is 0.270 e. The molecule has 1 aliphatic heterocycles. The van der Waals surface area contributed by atoms with E-state index in [1.54, 1.807) is 12.0 Å². The largest absolute Gasteiger partial charge is 0.391 e. The lowest BCUT2D eigenvalue weighted by molar-refractivity contribution is 0.0686. The smallest absolute Gasteiger partial charge is 0.270 e. The molecule has 1 aromatic rings. The Morgan fingerprint density at radius 1 is 1.52 bits per heavy atom. The lowest BCUT2D eigenvalue weighted by atomic mass is 10.2. The van der Waals surface area contributed by atoms with Crippen molar-refractivity contribution in [2.75, 3.05) is 40.9 Å². The summed E-state index contributed by atoms with van der Waals surface area (Å²) in [5.41, 5.74) is 0.657. The molecule has 6 heteroatoms. The standard InChI is InChI=1S/C15H25N3O3/c1-16(2)10-12-9-13(19)11-18(12)15(20)14-5-4-6-17(14)7-8-21-3/h4-6,12-13,19H,7-11H2,1-3H3. The van der Waals surface area contributed by atoms with Crippen LogP contribution in [0, 0.1) is 0 Å². The molecule has 1 N–H and O–H groups in total. The molecule has 1 fully saturated rings. The summed E-state index contributed by atoms with van der Waals surface area (Å²) < 4.78 is 6.98. The van der Waals surface area contributed by atoms with Gasteiger partial charge in [-0.05, 0) is 32.6 Å². The number of aliphatic hydroxyl groups is 1. The molecule has 1 aliphatic rings. The Balaban J connectivity index is 2.12. The average Bonchev–Trinajstić information content (AvgIpc) is 3.01. The molecule has 0 radical (unpaired) electrons. The van der Waals surface area contributed by atoms with Gasteiger partial charge in [-0.25, -0.2) is 0 Å². The van der Waals surface area contributed by atoms with Crippen molar-refractivity contribution >= 4 is 5.91 Å². The molecule has 0 spiro atoms. The Bertz CT molecular complexity index is 472. The van der Waals surface area contributed by atoms with Crippen LogP contribution >= 0.6 is 0 Å². The van der Waals surface area contributed by atoms with Gasteiger partial charge in [-0.15, -0.1) is 0 Å². The first kappa shape index (κ1) is 16.0. The number of amides is 1. The summed E-state index contributed by atoms with van der Waals surface area (Å²) in [6.07, 6.45) is 2.10. The topological polar surface area (TPSA) is 57.9 Å². The van der Waals surface area contributed by atoms with E-state index in [4.69, 9.17) is 4.74 Å². The number of rotatable bonds is 6. The van der Waals surface area contributed by atoms with Crippen LogP contribution in [0.5, 0.6) is 0 Å². The molecule has 2 rings (SSSR count). The van der Waals surface area contributed by atoms with Crippen LogP contribution < -0.4 is 0 Å². The second-order valence-corrected chi connectivity index (χ2v) is 5.84. The molecule has 1 amide bonds. The van der Waals surface area contributed by atoms with E-state index in [1.807, 2.05) is 41.9 Å². The fraction of sp³-hybridized carbons (Fsp3) is 0.667. The van der Waals surface area contributed by atoms with E-state index < -0.39 is 6.10 Å². The molecule has 0 bridgehead atoms. The Morgan fingerprint density at radius 3 is 2.95 bits per heavy atom. The molecule has 1 aromatic heterocycles. The van der Waals surface area contributed by atoms with Gasteiger partial charge in [-0.3, -0.25) is 4.79 Å². The molecule has 0 aliphatic carbocycles. The zero-order chi connectivity index (χ0) is 15.4. The van der Waals surface area contributed by atoms with Crippen LogP contribution in [0.3, 0.4) is 0 Å². The first-order valence-corrected chi connectivity index (χ1v) is 7.30. The summed E-state index contributed by atoms with van der Waals surface area (Å²) in [6.45, 7) is 2.40. The number of ether oxygens (including phenoxy) is 1. The Hall–Kier alpha value is -1.37. The first-order valence-electron chi connectivity index (χ1n) is 7.30. The zero-order valence-electron chi connectivity index (χ0n) is 13.0. The molecule has 2 atom stereocenters. The number of hydrogen-bond acceptors (Lipinski definition) is 4. The van der Waals surface area contributed by atoms with Gasteiger partial charge in [-0.1, -0.05) is 0 Å². The van der Waals surface area contributed by atoms with Crippen LogP contribution in [0.2, 0.25) is 0 Å². The molecular weight excluding hydrogens is 270 g/mol. The van der Waals surface area contributed by atoms with Crippen LogP contribution in [0.1, 0.15) is 16.9 Å². The van der Waals surface area contributed by atoms with Crippen LogP contribution in [0.4, 0.5) is 0 Å². The van der Waals surface area contributed by atoms with Crippen molar-refractivity contribution in [1.82, 2.24) is 14.4 Å². The number of aliphatic hydroxyl groups excluding tert-OH is 1. The quantitative estimate of drug-likeness (QED) is 0.818. The highest BCUT2D eigenvalue weighted by Gasteiger charge is 2.35. The third-order valence-electron chi connectivity index (χ3n) is 3.81. The Morgan fingerprint density at radius 2 is 2.29 bits per heavy atom. The van der Waals surface area contributed by atoms with E-state index in [0.29, 0.717) is 31.8 Å². The minimum Gasteiger partial charge on any atom is -0.391 e. The second-order valence-electron chi connectivity index (χ2n) is 5.84. The van der Waals surface area contributed by atoms with Crippen molar-refractivity contribution in [1.29, 1.82) is 0 Å². The summed E-state index contributed by atoms with van der Waals surface area (Å²) >= 11 is 0. The minimum absolute atomic E-state index is 0.0143. The molecule has 2 unspecified atom stereocenters. The summed E-state index contributed by atoms with van der Waals surface area (Å²) in [4.78, 5) is 16.6. The van der Waals surface area contributed by atoms with Crippen LogP contribution in [0.15, 0.2) is 18.3 Å². The highest BCUT2D eigenvalue weighted by Crippen LogP contribution is 2.21. The normalized spacial score (nSPS) is 22.2. The predicted octanol–water partition coefficient (Wildman–Crippen LogP) is 0.271. The minimum atomic E-state index is -0.429. The van der Waals surface area contributed by atoms with E-state index in [9.17, 15) is 9.90 Å². The lowest BCUT2D eigenvalue weighted by Crippen LogP contribution is -2.42. The van der Waals surface area contributed by atoms with Crippen molar-refractivity contribution in [3.05, 3.63) is 24.0 Å². The average molecular weight is 295 g/mol. The number of nitrogens with zero attached hydrogens (tertiary/aromatic N) is 3. The van der Waals surface area contributed by atoms with Gasteiger partial charge in [0, 0.05) is 39.0 Å². The van der Waals surface area contributed by atoms with Crippen molar-refractivity contribution in [2.24, 2.45) is 0 Å². The third-order valence-corrected chi connectivity index (χ3v) is 3.81. The van der Waals surface area contributed by atoms with Gasteiger partial charge in [0.15, 0.2) is 0 Å². The number of likely N-dealkylation sites (tertiary alicyclic amines) is 1. The predicted molar refractivity (Wildman–Crippen MR) is 80.3 cm³/mol. The summed E-state index contributed by atoms with van der Waals surface area (Å²) in [5.74, 6) is -0.0143. The summed E-state index contributed by atoms with van der Waals surface area (Å²) in [7, 11) is 5.61. The van der Waals surface area contributed by atoms with E-state index in [0.717, 1.165) is 6.54 Å². The Kier molecular flexibility index (Phi) is 5.39. The van der Waals surface area contributed by atoms with Gasteiger partial charge in [0.1, 0.15) is 5.69 Å². The maximum atomic E-state index is 12.8. The van der Waals surface area contributed by atoms with Gasteiger partial charge in [0.25, 0.3) is 5.91 Å². The van der Waals surface area contributed by atoms with Gasteiger partial charge in [-0.2, -0.15) is 0 Å². The lowest BCUT2D eigenvalue weighted by Gasteiger charge is -2.27. The van der Waals surface area contributed by atoms with E-state index in [-0.39, 0.29) is 11.9 Å². The number of aromatic nitrogens is 1. The summed E-state index contributed by atoms with van der Waals surface area (Å²) in [5, 5.41) is 9.90. The van der Waals surface area contributed by atoms with Crippen LogP contribution in [0.25, 0.3) is 0 Å². The van der Waals surface area contributed by atoms with Crippen molar-refractivity contribution < 1.29 is 14.6 Å². The monoisotopic (exact) mass is 295 g/mol. The van der Waals surface area contributed by atoms with Gasteiger partial charge < -0.3 is 24.2 Å². The van der Waals surface area contributed by atoms with Crippen molar-refractivity contribution in [3.63, 3.8) is 0 Å². The van der Waals surface area contributed by atoms with Gasteiger partial charge >= 0.3 is 0 Å². The molecule has 6 nitrogen and oxygen atoms in total. The Labute approximate surface area is 125 Å². The highest BCUT2D eigenvalue weighted by molar-refractivity contribution is 5.93. The molecular formula is C15H25N3O3. The number of methoxy groups -OCH3 is 1. The summed E-state index contributed by atoms with van der Waals surface area (Å²) in [6, 6.07) is 3.76. The van der Waals surface area contributed by atoms with Crippen molar-refractivity contribution in [2.45, 2.75) is 25.1 Å². The number of carbonyl (C=O) groups excluding carboxylic acids is 1. The molecule has 2 heterocycles. The SMILES string of the molecule is COCCn1cccc1C(=O)N1CC(O)CC1CN(C)C. The highest BCUT2D eigenvalue weighted by atomic mass is 16.5. The number of β-amino-alcohol motifs (C(OH)–C–C–N with tert-alkyl or cyclic N) is 1. The molecule has 0 aromatic carbocycles. The maximum absolute atomic E-state index is 12.8. The fourth-order valence-corrected chi connectivity index (χ4v) is 2.88. The van der Waals surface area contributed by atoms with Gasteiger partial charge in [0.05, 0.1) is 12.7 Å². The van der Waals surface area contributed by atoms with Gasteiger partial charge in [0.2, 0.25) is 0 Å². The molecule has 0 saturated carbocycles. The second kappa shape index (κ2) is 7.06. The van der Waals surface area contributed by atoms with Crippen molar-refractivity contribution in [3.8, 4) is 0 Å². The van der Waals surface area contributed by atoms with E-state index in [1.165, 1.54) is 0 Å². The van der Waals surface area contributed by atoms with E-state index in [2.05, 4.69) is 0 Å². The van der Waals surface area contributed by atoms with Crippen LogP contribution in [-0.4, -0.2) is 78.4 Å². The fourth-order valence-electron chi connectivity index (χ4n) is 2.88. The van der Waals surface area contributed by atoms with Crippen LogP contribution in [-0.2, 0) is 11.3 Å². The number of likely N-dealkylation sites (N-methyl/N-ethyl adjacent to an activating group) is 1. The number of hydrogen-bond donors (Lipinski definition) is 1. The molecule has 1 saturated heterocycles. The first-order chi connectivity index (χ1) is 10.0.